The first-order valence-electron chi connectivity index (χ1n) is 25.1. The lowest BCUT2D eigenvalue weighted by Gasteiger charge is -2.21. The standard InChI is InChI=1S/C56H87O11P/c1-4-7-10-13-16-19-22-25-26-29-32-35-38-41-44-47-56(60)67-53(49-63-54(58)45-42-39-36-33-30-27-23-20-17-14-11-8-5-2)51-65-68(61,62)64-50-52(48-57)66-55(59)46-43-40-37-34-31-28-24-21-18-15-12-9-6-3/h7-12,16-21,25-28,30-32,35-36,39,52-53,57H,4-6,13-15,22-24,29,33-34,37-38,40-51H2,1-3H3,(H,61,62)/b10-7-,11-8-,12-9-,19-16-,20-17-,21-18-,26-25-,30-27-,31-28-,35-32-,39-36-. The molecule has 0 aromatic carbocycles. The summed E-state index contributed by atoms with van der Waals surface area (Å²) in [5, 5.41) is 9.76. The molecular weight excluding hydrogens is 880 g/mol. The molecule has 0 aliphatic heterocycles. The average Bonchev–Trinajstić information content (AvgIpc) is 3.32. The van der Waals surface area contributed by atoms with Crippen molar-refractivity contribution in [2.75, 3.05) is 26.4 Å². The van der Waals surface area contributed by atoms with Gasteiger partial charge in [0.25, 0.3) is 0 Å². The summed E-state index contributed by atoms with van der Waals surface area (Å²) in [7, 11) is -4.78. The van der Waals surface area contributed by atoms with Gasteiger partial charge in [0.15, 0.2) is 6.10 Å². The van der Waals surface area contributed by atoms with Crippen LogP contribution < -0.4 is 0 Å². The molecule has 0 saturated carbocycles. The van der Waals surface area contributed by atoms with Gasteiger partial charge in [-0.05, 0) is 116 Å². The summed E-state index contributed by atoms with van der Waals surface area (Å²) in [5.74, 6) is -1.67. The van der Waals surface area contributed by atoms with Gasteiger partial charge in [-0.25, -0.2) is 4.57 Å². The number of carbonyl (C=O) groups excluding carboxylic acids is 3. The molecule has 3 unspecified atom stereocenters. The van der Waals surface area contributed by atoms with Crippen molar-refractivity contribution < 1.29 is 52.2 Å². The number of carbonyl (C=O) groups is 3. The van der Waals surface area contributed by atoms with E-state index >= 15 is 0 Å². The highest BCUT2D eigenvalue weighted by Gasteiger charge is 2.28. The monoisotopic (exact) mass is 967 g/mol. The van der Waals surface area contributed by atoms with E-state index in [1.165, 1.54) is 0 Å². The Kier molecular flexibility index (Phi) is 45.9. The number of esters is 3. The molecule has 12 heteroatoms. The number of hydrogen-bond donors (Lipinski definition) is 2. The van der Waals surface area contributed by atoms with Crippen LogP contribution in [-0.4, -0.2) is 66.5 Å². The molecule has 0 amide bonds. The molecule has 0 heterocycles. The number of aliphatic hydroxyl groups excluding tert-OH is 1. The van der Waals surface area contributed by atoms with E-state index in [4.69, 9.17) is 23.3 Å². The Bertz CT molecular complexity index is 1650. The predicted molar refractivity (Wildman–Crippen MR) is 279 cm³/mol. The van der Waals surface area contributed by atoms with Crippen LogP contribution >= 0.6 is 7.82 Å². The molecule has 0 aromatic heterocycles. The summed E-state index contributed by atoms with van der Waals surface area (Å²) in [6, 6.07) is 0. The maximum Gasteiger partial charge on any atom is 0.472 e. The number of phosphoric acid groups is 1. The molecule has 0 rings (SSSR count). The largest absolute Gasteiger partial charge is 0.472 e. The molecule has 0 spiro atoms. The maximum absolute atomic E-state index is 12.8. The zero-order valence-electron chi connectivity index (χ0n) is 41.8. The van der Waals surface area contributed by atoms with E-state index in [1.807, 2.05) is 12.2 Å². The first kappa shape index (κ1) is 63.6. The highest BCUT2D eigenvalue weighted by molar-refractivity contribution is 7.47. The van der Waals surface area contributed by atoms with E-state index in [2.05, 4.69) is 142 Å². The van der Waals surface area contributed by atoms with Gasteiger partial charge >= 0.3 is 25.7 Å². The summed E-state index contributed by atoms with van der Waals surface area (Å²) in [5.41, 5.74) is 0. The van der Waals surface area contributed by atoms with Gasteiger partial charge in [0.2, 0.25) is 0 Å². The van der Waals surface area contributed by atoms with Gasteiger partial charge in [-0.15, -0.1) is 0 Å². The van der Waals surface area contributed by atoms with Crippen molar-refractivity contribution in [2.45, 2.75) is 174 Å². The summed E-state index contributed by atoms with van der Waals surface area (Å²) >= 11 is 0. The number of unbranched alkanes of at least 4 members (excludes halogenated alkanes) is 5. The third-order valence-electron chi connectivity index (χ3n) is 9.56. The summed E-state index contributed by atoms with van der Waals surface area (Å²) in [6.07, 6.45) is 60.2. The summed E-state index contributed by atoms with van der Waals surface area (Å²) in [6.45, 7) is 4.08. The van der Waals surface area contributed by atoms with Crippen LogP contribution in [0.25, 0.3) is 0 Å². The molecule has 68 heavy (non-hydrogen) atoms. The topological polar surface area (TPSA) is 155 Å². The maximum atomic E-state index is 12.8. The second-order valence-corrected chi connectivity index (χ2v) is 17.3. The number of hydrogen-bond acceptors (Lipinski definition) is 10. The number of phosphoric ester groups is 1. The Balaban J connectivity index is 4.95. The van der Waals surface area contributed by atoms with E-state index in [9.17, 15) is 28.9 Å². The fourth-order valence-electron chi connectivity index (χ4n) is 5.84. The number of rotatable bonds is 44. The molecule has 0 radical (unpaired) electrons. The van der Waals surface area contributed by atoms with Gasteiger partial charge in [-0.1, -0.05) is 161 Å². The summed E-state index contributed by atoms with van der Waals surface area (Å²) in [4.78, 5) is 48.2. The molecule has 382 valence electrons. The van der Waals surface area contributed by atoms with Crippen molar-refractivity contribution >= 4 is 25.7 Å². The molecular formula is C56H87O11P. The molecule has 0 aliphatic carbocycles. The van der Waals surface area contributed by atoms with Crippen LogP contribution in [0.3, 0.4) is 0 Å². The van der Waals surface area contributed by atoms with E-state index in [-0.39, 0.29) is 19.3 Å². The Morgan fingerprint density at radius 1 is 0.412 bits per heavy atom. The molecule has 2 N–H and O–H groups in total. The zero-order valence-corrected chi connectivity index (χ0v) is 42.7. The second kappa shape index (κ2) is 49.1. The minimum Gasteiger partial charge on any atom is -0.462 e. The SMILES string of the molecule is CC/C=C\C/C=C\C/C=C\C/C=C\CCCCC(=O)OC(COC(=O)CC/C=C\C/C=C\C/C=C\C/C=C\CC)COP(=O)(O)OCC(CO)OC(=O)CCCCC/C=C\C/C=C\C/C=C\CC. The minimum atomic E-state index is -4.78. The first-order chi connectivity index (χ1) is 33.2. The Labute approximate surface area is 410 Å². The van der Waals surface area contributed by atoms with E-state index in [0.29, 0.717) is 19.3 Å². The van der Waals surface area contributed by atoms with Crippen molar-refractivity contribution in [3.63, 3.8) is 0 Å². The third kappa shape index (κ3) is 46.7. The van der Waals surface area contributed by atoms with Crippen LogP contribution in [0.1, 0.15) is 162 Å². The summed E-state index contributed by atoms with van der Waals surface area (Å²) < 4.78 is 39.1. The Morgan fingerprint density at radius 2 is 0.750 bits per heavy atom. The predicted octanol–water partition coefficient (Wildman–Crippen LogP) is 14.2. The third-order valence-corrected chi connectivity index (χ3v) is 10.5. The second-order valence-electron chi connectivity index (χ2n) is 15.8. The lowest BCUT2D eigenvalue weighted by atomic mass is 10.1. The normalized spacial score (nSPS) is 14.6. The van der Waals surface area contributed by atoms with E-state index in [1.54, 1.807) is 0 Å². The van der Waals surface area contributed by atoms with Gasteiger partial charge in [0.1, 0.15) is 12.7 Å². The van der Waals surface area contributed by atoms with E-state index < -0.39 is 64.4 Å². The van der Waals surface area contributed by atoms with Crippen molar-refractivity contribution in [3.8, 4) is 0 Å². The molecule has 0 aromatic rings. The quantitative estimate of drug-likeness (QED) is 0.0197. The zero-order chi connectivity index (χ0) is 49.9. The number of ether oxygens (including phenoxy) is 3. The van der Waals surface area contributed by atoms with Crippen molar-refractivity contribution in [1.82, 2.24) is 0 Å². The van der Waals surface area contributed by atoms with Gasteiger partial charge in [0.05, 0.1) is 19.8 Å². The van der Waals surface area contributed by atoms with Gasteiger partial charge in [-0.3, -0.25) is 23.4 Å². The van der Waals surface area contributed by atoms with Crippen LogP contribution in [-0.2, 0) is 42.2 Å². The fourth-order valence-corrected chi connectivity index (χ4v) is 6.63. The fraction of sp³-hybridized carbons (Fsp3) is 0.554. The molecule has 11 nitrogen and oxygen atoms in total. The lowest BCUT2D eigenvalue weighted by Crippen LogP contribution is -2.30. The van der Waals surface area contributed by atoms with E-state index in [0.717, 1.165) is 103 Å². The molecule has 0 fully saturated rings. The molecule has 0 aliphatic rings. The minimum absolute atomic E-state index is 0.0864. The van der Waals surface area contributed by atoms with Gasteiger partial charge in [0, 0.05) is 19.3 Å². The highest BCUT2D eigenvalue weighted by Crippen LogP contribution is 2.43. The van der Waals surface area contributed by atoms with Crippen LogP contribution in [0.2, 0.25) is 0 Å². The molecule has 3 atom stereocenters. The van der Waals surface area contributed by atoms with Crippen LogP contribution in [0.4, 0.5) is 0 Å². The van der Waals surface area contributed by atoms with Crippen LogP contribution in [0, 0.1) is 0 Å². The van der Waals surface area contributed by atoms with Gasteiger partial charge in [-0.2, -0.15) is 0 Å². The van der Waals surface area contributed by atoms with Crippen LogP contribution in [0.15, 0.2) is 134 Å². The Hall–Kier alpha value is -4.38. The van der Waals surface area contributed by atoms with Crippen molar-refractivity contribution in [3.05, 3.63) is 134 Å². The molecule has 0 saturated heterocycles. The smallest absolute Gasteiger partial charge is 0.462 e. The molecule has 0 bridgehead atoms. The van der Waals surface area contributed by atoms with Crippen molar-refractivity contribution in [2.24, 2.45) is 0 Å². The number of allylic oxidation sites excluding steroid dienone is 22. The Morgan fingerprint density at radius 3 is 1.16 bits per heavy atom. The van der Waals surface area contributed by atoms with Gasteiger partial charge < -0.3 is 24.2 Å². The first-order valence-corrected chi connectivity index (χ1v) is 26.6. The van der Waals surface area contributed by atoms with Crippen molar-refractivity contribution in [1.29, 1.82) is 0 Å². The van der Waals surface area contributed by atoms with Crippen LogP contribution in [0.5, 0.6) is 0 Å². The lowest BCUT2D eigenvalue weighted by molar-refractivity contribution is -0.161. The number of aliphatic hydroxyl groups is 1. The highest BCUT2D eigenvalue weighted by atomic mass is 31.2. The average molecular weight is 967 g/mol.